The molecule has 3 rings (SSSR count). The van der Waals surface area contributed by atoms with Gasteiger partial charge in [-0.05, 0) is 31.0 Å². The Kier molecular flexibility index (Phi) is 7.79. The van der Waals surface area contributed by atoms with E-state index in [1.807, 2.05) is 0 Å². The van der Waals surface area contributed by atoms with Gasteiger partial charge in [0, 0.05) is 12.3 Å². The van der Waals surface area contributed by atoms with Crippen LogP contribution in [0.15, 0.2) is 36.8 Å². The Balaban J connectivity index is 1.46. The summed E-state index contributed by atoms with van der Waals surface area (Å²) in [4.78, 5) is 32.1. The van der Waals surface area contributed by atoms with Gasteiger partial charge in [-0.2, -0.15) is 0 Å². The number of anilines is 1. The van der Waals surface area contributed by atoms with Gasteiger partial charge in [0.15, 0.2) is 0 Å². The van der Waals surface area contributed by atoms with Crippen molar-refractivity contribution in [1.29, 1.82) is 0 Å². The van der Waals surface area contributed by atoms with Crippen LogP contribution in [-0.2, 0) is 16.1 Å². The second-order valence-electron chi connectivity index (χ2n) is 7.07. The summed E-state index contributed by atoms with van der Waals surface area (Å²) < 4.78 is 32.7. The number of nitrogens with one attached hydrogen (secondary N) is 3. The first-order chi connectivity index (χ1) is 14.9. The summed E-state index contributed by atoms with van der Waals surface area (Å²) in [7, 11) is 0. The van der Waals surface area contributed by atoms with Crippen LogP contribution < -0.4 is 16.0 Å². The molecule has 9 nitrogen and oxygen atoms in total. The van der Waals surface area contributed by atoms with Crippen LogP contribution in [-0.4, -0.2) is 51.9 Å². The number of ether oxygens (including phenoxy) is 1. The topological polar surface area (TPSA) is 125 Å². The quantitative estimate of drug-likeness (QED) is 0.522. The molecule has 0 saturated carbocycles. The van der Waals surface area contributed by atoms with Gasteiger partial charge in [-0.1, -0.05) is 0 Å². The predicted octanol–water partition coefficient (Wildman–Crippen LogP) is 1.49. The number of urea groups is 1. The molecule has 166 valence electrons. The van der Waals surface area contributed by atoms with Gasteiger partial charge in [0.1, 0.15) is 24.1 Å². The fourth-order valence-corrected chi connectivity index (χ4v) is 3.26. The molecule has 0 aliphatic carbocycles. The van der Waals surface area contributed by atoms with E-state index >= 15 is 0 Å². The Labute approximate surface area is 177 Å². The molecule has 1 aromatic heterocycles. The molecule has 0 unspecified atom stereocenters. The molecule has 0 spiro atoms. The van der Waals surface area contributed by atoms with Crippen LogP contribution >= 0.6 is 0 Å². The zero-order chi connectivity index (χ0) is 22.2. The lowest BCUT2D eigenvalue weighted by Gasteiger charge is -2.35. The van der Waals surface area contributed by atoms with E-state index in [9.17, 15) is 23.5 Å². The number of hydrogen-bond acceptors (Lipinski definition) is 6. The lowest BCUT2D eigenvalue weighted by atomic mass is 9.97. The molecule has 0 radical (unpaired) electrons. The van der Waals surface area contributed by atoms with Gasteiger partial charge >= 0.3 is 6.03 Å². The third-order valence-electron chi connectivity index (χ3n) is 4.81. The monoisotopic (exact) mass is 435 g/mol. The van der Waals surface area contributed by atoms with Gasteiger partial charge in [-0.3, -0.25) is 4.79 Å². The van der Waals surface area contributed by atoms with E-state index in [1.165, 1.54) is 6.33 Å². The Morgan fingerprint density at radius 1 is 1.23 bits per heavy atom. The normalized spacial score (nSPS) is 20.7. The van der Waals surface area contributed by atoms with Crippen molar-refractivity contribution in [2.24, 2.45) is 0 Å². The summed E-state index contributed by atoms with van der Waals surface area (Å²) in [5.41, 5.74) is 0.374. The average Bonchev–Trinajstić information content (AvgIpc) is 2.76. The smallest absolute Gasteiger partial charge is 0.319 e. The van der Waals surface area contributed by atoms with Gasteiger partial charge in [0.25, 0.3) is 0 Å². The lowest BCUT2D eigenvalue weighted by molar-refractivity contribution is -0.130. The van der Waals surface area contributed by atoms with Crippen molar-refractivity contribution in [3.8, 4) is 0 Å². The number of hydrogen-bond donors (Lipinski definition) is 4. The number of aliphatic hydroxyl groups excluding tert-OH is 1. The maximum Gasteiger partial charge on any atom is 0.319 e. The van der Waals surface area contributed by atoms with Crippen LogP contribution in [0.4, 0.5) is 19.3 Å². The zero-order valence-corrected chi connectivity index (χ0v) is 16.6. The van der Waals surface area contributed by atoms with Crippen molar-refractivity contribution in [2.75, 3.05) is 11.9 Å². The van der Waals surface area contributed by atoms with Crippen LogP contribution in [0.5, 0.6) is 0 Å². The van der Waals surface area contributed by atoms with Crippen molar-refractivity contribution >= 4 is 17.6 Å². The third-order valence-corrected chi connectivity index (χ3v) is 4.81. The van der Waals surface area contributed by atoms with Crippen molar-refractivity contribution in [1.82, 2.24) is 20.6 Å². The Morgan fingerprint density at radius 2 is 2.06 bits per heavy atom. The molecule has 1 aliphatic rings. The molecule has 1 fully saturated rings. The van der Waals surface area contributed by atoms with Crippen molar-refractivity contribution in [3.05, 3.63) is 54.1 Å². The van der Waals surface area contributed by atoms with E-state index in [4.69, 9.17) is 4.74 Å². The fourth-order valence-electron chi connectivity index (χ4n) is 3.26. The summed E-state index contributed by atoms with van der Waals surface area (Å²) in [6.07, 6.45) is 2.81. The van der Waals surface area contributed by atoms with Crippen molar-refractivity contribution in [3.63, 3.8) is 0 Å². The van der Waals surface area contributed by atoms with E-state index in [0.717, 1.165) is 18.2 Å². The Bertz CT molecular complexity index is 902. The number of benzene rings is 1. The average molecular weight is 435 g/mol. The molecule has 2 aromatic rings. The van der Waals surface area contributed by atoms with Crippen LogP contribution in [0.3, 0.4) is 0 Å². The minimum Gasteiger partial charge on any atom is -0.394 e. The lowest BCUT2D eigenvalue weighted by Crippen LogP contribution is -2.52. The molecule has 2 heterocycles. The first-order valence-corrected chi connectivity index (χ1v) is 9.75. The number of aliphatic hydroxyl groups is 1. The van der Waals surface area contributed by atoms with Gasteiger partial charge in [0.2, 0.25) is 5.91 Å². The van der Waals surface area contributed by atoms with Gasteiger partial charge < -0.3 is 25.8 Å². The maximum atomic E-state index is 13.7. The number of carbonyl (C=O) groups excluding carboxylic acids is 2. The SMILES string of the molecule is O=C(C[C@H]1CC[C@H](NC(=O)Nc2cc(F)ccc2F)[C@H](CO)O1)NCc1ccncn1. The van der Waals surface area contributed by atoms with Crippen molar-refractivity contribution < 1.29 is 28.2 Å². The van der Waals surface area contributed by atoms with E-state index in [-0.39, 0.29) is 31.2 Å². The van der Waals surface area contributed by atoms with E-state index in [0.29, 0.717) is 18.5 Å². The summed E-state index contributed by atoms with van der Waals surface area (Å²) in [6.45, 7) is -0.114. The summed E-state index contributed by atoms with van der Waals surface area (Å²) in [6, 6.07) is 3.10. The minimum absolute atomic E-state index is 0.0923. The van der Waals surface area contributed by atoms with Crippen LogP contribution in [0.1, 0.15) is 25.0 Å². The van der Waals surface area contributed by atoms with Gasteiger partial charge in [-0.15, -0.1) is 0 Å². The summed E-state index contributed by atoms with van der Waals surface area (Å²) in [5.74, 6) is -1.69. The number of carbonyl (C=O) groups is 2. The zero-order valence-electron chi connectivity index (χ0n) is 16.6. The highest BCUT2D eigenvalue weighted by Gasteiger charge is 2.33. The molecule has 4 N–H and O–H groups in total. The number of aromatic nitrogens is 2. The molecule has 11 heteroatoms. The number of halogens is 2. The molecule has 1 saturated heterocycles. The second kappa shape index (κ2) is 10.7. The van der Waals surface area contributed by atoms with Crippen LogP contribution in [0.2, 0.25) is 0 Å². The molecule has 1 aromatic carbocycles. The number of rotatable bonds is 7. The molecular formula is C20H23F2N5O4. The van der Waals surface area contributed by atoms with Crippen LogP contribution in [0, 0.1) is 11.6 Å². The molecule has 31 heavy (non-hydrogen) atoms. The number of amides is 3. The molecule has 3 amide bonds. The highest BCUT2D eigenvalue weighted by molar-refractivity contribution is 5.89. The van der Waals surface area contributed by atoms with E-state index < -0.39 is 35.9 Å². The summed E-state index contributed by atoms with van der Waals surface area (Å²) >= 11 is 0. The highest BCUT2D eigenvalue weighted by Crippen LogP contribution is 2.22. The maximum absolute atomic E-state index is 13.7. The largest absolute Gasteiger partial charge is 0.394 e. The van der Waals surface area contributed by atoms with Crippen LogP contribution in [0.25, 0.3) is 0 Å². The van der Waals surface area contributed by atoms with Gasteiger partial charge in [-0.25, -0.2) is 23.5 Å². The predicted molar refractivity (Wildman–Crippen MR) is 106 cm³/mol. The number of nitrogens with zero attached hydrogens (tertiary/aromatic N) is 2. The molecule has 1 aliphatic heterocycles. The first kappa shape index (κ1) is 22.5. The van der Waals surface area contributed by atoms with E-state index in [2.05, 4.69) is 25.9 Å². The van der Waals surface area contributed by atoms with E-state index in [1.54, 1.807) is 12.3 Å². The minimum atomic E-state index is -0.775. The molecule has 0 bridgehead atoms. The molecular weight excluding hydrogens is 412 g/mol. The summed E-state index contributed by atoms with van der Waals surface area (Å²) in [5, 5.41) is 17.2. The standard InChI is InChI=1S/C20H23F2N5O4/c21-12-1-3-15(22)17(7-12)27-20(30)26-16-4-2-14(31-18(16)10-28)8-19(29)24-9-13-5-6-23-11-25-13/h1,3,5-7,11,14,16,18,28H,2,4,8-10H2,(H,24,29)(H2,26,27,30)/t14-,16+,18+/m1/s1. The highest BCUT2D eigenvalue weighted by atomic mass is 19.1. The molecule has 3 atom stereocenters. The van der Waals surface area contributed by atoms with Gasteiger partial charge in [0.05, 0.1) is 43.1 Å². The first-order valence-electron chi connectivity index (χ1n) is 9.75. The Hall–Kier alpha value is -3.18. The Morgan fingerprint density at radius 3 is 2.81 bits per heavy atom. The fraction of sp³-hybridized carbons (Fsp3) is 0.400. The van der Waals surface area contributed by atoms with Crippen molar-refractivity contribution in [2.45, 2.75) is 44.1 Å². The third kappa shape index (κ3) is 6.66. The second-order valence-corrected chi connectivity index (χ2v) is 7.07.